The zero-order valence-corrected chi connectivity index (χ0v) is 16.9. The van der Waals surface area contributed by atoms with Gasteiger partial charge in [-0.3, -0.25) is 9.59 Å². The molecule has 0 spiro atoms. The number of likely N-dealkylation sites (tertiary alicyclic amines) is 1. The van der Waals surface area contributed by atoms with Crippen molar-refractivity contribution >= 4 is 17.5 Å². The van der Waals surface area contributed by atoms with Crippen molar-refractivity contribution < 1.29 is 23.8 Å². The minimum absolute atomic E-state index is 0.0836. The van der Waals surface area contributed by atoms with E-state index >= 15 is 0 Å². The van der Waals surface area contributed by atoms with E-state index in [0.29, 0.717) is 35.4 Å². The third-order valence-electron chi connectivity index (χ3n) is 4.90. The first-order valence-electron chi connectivity index (χ1n) is 9.27. The summed E-state index contributed by atoms with van der Waals surface area (Å²) in [4.78, 5) is 28.3. The molecule has 2 amide bonds. The number of piperidine rings is 1. The van der Waals surface area contributed by atoms with Crippen LogP contribution in [0.15, 0.2) is 12.1 Å². The summed E-state index contributed by atoms with van der Waals surface area (Å²) in [6, 6.07) is 3.44. The van der Waals surface area contributed by atoms with Crippen molar-refractivity contribution in [1.29, 1.82) is 0 Å². The number of methoxy groups -OCH3 is 3. The lowest BCUT2D eigenvalue weighted by Gasteiger charge is -2.32. The van der Waals surface area contributed by atoms with Crippen molar-refractivity contribution in [3.63, 3.8) is 0 Å². The molecule has 0 N–H and O–H groups in total. The fraction of sp³-hybridized carbons (Fsp3) is 0.600. The molecular weight excluding hydrogens is 348 g/mol. The average molecular weight is 378 g/mol. The van der Waals surface area contributed by atoms with Gasteiger partial charge in [-0.25, -0.2) is 0 Å². The predicted molar refractivity (Wildman–Crippen MR) is 104 cm³/mol. The number of benzene rings is 1. The Balaban J connectivity index is 2.17. The van der Waals surface area contributed by atoms with E-state index in [-0.39, 0.29) is 18.2 Å². The quantitative estimate of drug-likeness (QED) is 0.730. The Labute approximate surface area is 161 Å². The lowest BCUT2D eigenvalue weighted by Crippen LogP contribution is -2.41. The number of anilines is 1. The molecule has 1 fully saturated rings. The van der Waals surface area contributed by atoms with Gasteiger partial charge >= 0.3 is 0 Å². The van der Waals surface area contributed by atoms with Gasteiger partial charge in [-0.2, -0.15) is 0 Å². The molecule has 1 aliphatic rings. The van der Waals surface area contributed by atoms with Gasteiger partial charge in [0, 0.05) is 45.1 Å². The van der Waals surface area contributed by atoms with Crippen LogP contribution >= 0.6 is 0 Å². The summed E-state index contributed by atoms with van der Waals surface area (Å²) in [5.41, 5.74) is 0.608. The zero-order chi connectivity index (χ0) is 20.0. The van der Waals surface area contributed by atoms with Crippen molar-refractivity contribution in [1.82, 2.24) is 4.90 Å². The zero-order valence-electron chi connectivity index (χ0n) is 16.9. The Bertz CT molecular complexity index is 651. The summed E-state index contributed by atoms with van der Waals surface area (Å²) in [7, 11) is 4.58. The standard InChI is InChI=1S/C20H30N2O5/c1-14-7-6-9-21(13-14)19(24)8-10-22(15(2)23)16-11-17(25-3)20(27-5)18(12-16)26-4/h11-12,14H,6-10,13H2,1-5H3. The molecule has 1 aromatic carbocycles. The molecule has 1 aromatic rings. The van der Waals surface area contributed by atoms with E-state index in [4.69, 9.17) is 14.2 Å². The highest BCUT2D eigenvalue weighted by atomic mass is 16.5. The van der Waals surface area contributed by atoms with Crippen molar-refractivity contribution in [2.75, 3.05) is 45.9 Å². The van der Waals surface area contributed by atoms with E-state index in [2.05, 4.69) is 6.92 Å². The molecule has 1 aliphatic heterocycles. The van der Waals surface area contributed by atoms with Crippen LogP contribution in [0.4, 0.5) is 5.69 Å². The summed E-state index contributed by atoms with van der Waals surface area (Å²) in [5.74, 6) is 1.86. The summed E-state index contributed by atoms with van der Waals surface area (Å²) in [5, 5.41) is 0. The lowest BCUT2D eigenvalue weighted by atomic mass is 10.00. The minimum Gasteiger partial charge on any atom is -0.493 e. The molecule has 1 unspecified atom stereocenters. The number of ether oxygens (including phenoxy) is 3. The first-order chi connectivity index (χ1) is 12.9. The molecule has 0 aliphatic carbocycles. The van der Waals surface area contributed by atoms with Crippen LogP contribution in [0.25, 0.3) is 0 Å². The Morgan fingerprint density at radius 2 is 1.78 bits per heavy atom. The molecule has 0 saturated carbocycles. The van der Waals surface area contributed by atoms with Gasteiger partial charge in [0.1, 0.15) is 0 Å². The van der Waals surface area contributed by atoms with Crippen LogP contribution in [0, 0.1) is 5.92 Å². The highest BCUT2D eigenvalue weighted by molar-refractivity contribution is 5.93. The molecule has 27 heavy (non-hydrogen) atoms. The molecule has 0 bridgehead atoms. The molecule has 1 saturated heterocycles. The Morgan fingerprint density at radius 1 is 1.15 bits per heavy atom. The van der Waals surface area contributed by atoms with Crippen molar-refractivity contribution in [3.8, 4) is 17.2 Å². The Kier molecular flexibility index (Phi) is 7.33. The number of carbonyl (C=O) groups is 2. The maximum absolute atomic E-state index is 12.6. The van der Waals surface area contributed by atoms with Crippen molar-refractivity contribution in [2.45, 2.75) is 33.1 Å². The maximum atomic E-state index is 12.6. The number of nitrogens with zero attached hydrogens (tertiary/aromatic N) is 2. The second kappa shape index (κ2) is 9.48. The summed E-state index contributed by atoms with van der Waals surface area (Å²) >= 11 is 0. The van der Waals surface area contributed by atoms with Gasteiger partial charge in [-0.05, 0) is 18.8 Å². The first kappa shape index (κ1) is 20.9. The minimum atomic E-state index is -0.149. The molecule has 1 heterocycles. The van der Waals surface area contributed by atoms with Gasteiger partial charge in [0.25, 0.3) is 0 Å². The molecule has 2 rings (SSSR count). The predicted octanol–water partition coefficient (Wildman–Crippen LogP) is 2.71. The molecule has 1 atom stereocenters. The molecule has 0 radical (unpaired) electrons. The topological polar surface area (TPSA) is 68.3 Å². The van der Waals surface area contributed by atoms with E-state index < -0.39 is 0 Å². The van der Waals surface area contributed by atoms with Crippen LogP contribution in [-0.2, 0) is 9.59 Å². The highest BCUT2D eigenvalue weighted by Gasteiger charge is 2.23. The molecule has 7 heteroatoms. The van der Waals surface area contributed by atoms with Crippen LogP contribution in [0.2, 0.25) is 0 Å². The maximum Gasteiger partial charge on any atom is 0.224 e. The SMILES string of the molecule is COc1cc(N(CCC(=O)N2CCCC(C)C2)C(C)=O)cc(OC)c1OC. The summed E-state index contributed by atoms with van der Waals surface area (Å²) < 4.78 is 16.1. The number of hydrogen-bond acceptors (Lipinski definition) is 5. The van der Waals surface area contributed by atoms with Crippen LogP contribution in [0.5, 0.6) is 17.2 Å². The van der Waals surface area contributed by atoms with Gasteiger partial charge in [-0.15, -0.1) is 0 Å². The van der Waals surface area contributed by atoms with Crippen molar-refractivity contribution in [3.05, 3.63) is 12.1 Å². The second-order valence-corrected chi connectivity index (χ2v) is 6.89. The van der Waals surface area contributed by atoms with E-state index in [9.17, 15) is 9.59 Å². The van der Waals surface area contributed by atoms with Crippen LogP contribution in [0.1, 0.15) is 33.1 Å². The normalized spacial score (nSPS) is 16.6. The second-order valence-electron chi connectivity index (χ2n) is 6.89. The van der Waals surface area contributed by atoms with Gasteiger partial charge in [0.05, 0.1) is 27.0 Å². The monoisotopic (exact) mass is 378 g/mol. The van der Waals surface area contributed by atoms with E-state index in [1.807, 2.05) is 4.90 Å². The van der Waals surface area contributed by atoms with E-state index in [1.165, 1.54) is 28.3 Å². The van der Waals surface area contributed by atoms with Crippen LogP contribution in [-0.4, -0.2) is 57.7 Å². The number of rotatable bonds is 7. The summed E-state index contributed by atoms with van der Waals surface area (Å²) in [6.07, 6.45) is 2.48. The third kappa shape index (κ3) is 5.05. The fourth-order valence-corrected chi connectivity index (χ4v) is 3.47. The smallest absolute Gasteiger partial charge is 0.224 e. The van der Waals surface area contributed by atoms with Crippen molar-refractivity contribution in [2.24, 2.45) is 5.92 Å². The van der Waals surface area contributed by atoms with Crippen LogP contribution < -0.4 is 19.1 Å². The molecular formula is C20H30N2O5. The summed E-state index contributed by atoms with van der Waals surface area (Å²) in [6.45, 7) is 5.54. The Hall–Kier alpha value is -2.44. The first-order valence-corrected chi connectivity index (χ1v) is 9.27. The average Bonchev–Trinajstić information content (AvgIpc) is 2.66. The number of amides is 2. The molecule has 7 nitrogen and oxygen atoms in total. The largest absolute Gasteiger partial charge is 0.493 e. The van der Waals surface area contributed by atoms with Gasteiger partial charge in [0.2, 0.25) is 17.6 Å². The molecule has 0 aromatic heterocycles. The van der Waals surface area contributed by atoms with Gasteiger partial charge < -0.3 is 24.0 Å². The van der Waals surface area contributed by atoms with Gasteiger partial charge in [-0.1, -0.05) is 6.92 Å². The highest BCUT2D eigenvalue weighted by Crippen LogP contribution is 2.41. The third-order valence-corrected chi connectivity index (χ3v) is 4.90. The Morgan fingerprint density at radius 3 is 2.26 bits per heavy atom. The number of hydrogen-bond donors (Lipinski definition) is 0. The van der Waals surface area contributed by atoms with Crippen LogP contribution in [0.3, 0.4) is 0 Å². The van der Waals surface area contributed by atoms with E-state index in [1.54, 1.807) is 17.0 Å². The van der Waals surface area contributed by atoms with Gasteiger partial charge in [0.15, 0.2) is 11.5 Å². The molecule has 150 valence electrons. The number of carbonyl (C=O) groups excluding carboxylic acids is 2. The lowest BCUT2D eigenvalue weighted by molar-refractivity contribution is -0.132. The van der Waals surface area contributed by atoms with E-state index in [0.717, 1.165) is 25.9 Å². The fourth-order valence-electron chi connectivity index (χ4n) is 3.47.